The molecular formula is C12H23N. The first-order valence-corrected chi connectivity index (χ1v) is 5.85. The Morgan fingerprint density at radius 1 is 1.31 bits per heavy atom. The SMILES string of the molecule is CC(C)[C@H]1CCN(C)C2(CCC2)C1. The molecule has 0 bridgehead atoms. The van der Waals surface area contributed by atoms with Crippen LogP contribution >= 0.6 is 0 Å². The molecule has 0 aromatic heterocycles. The molecule has 0 aromatic rings. The van der Waals surface area contributed by atoms with Crippen LogP contribution in [0.2, 0.25) is 0 Å². The van der Waals surface area contributed by atoms with Crippen LogP contribution in [-0.2, 0) is 0 Å². The van der Waals surface area contributed by atoms with Crippen molar-refractivity contribution in [3.05, 3.63) is 0 Å². The largest absolute Gasteiger partial charge is 0.301 e. The van der Waals surface area contributed by atoms with Crippen LogP contribution in [0.1, 0.15) is 46.0 Å². The van der Waals surface area contributed by atoms with Crippen molar-refractivity contribution in [2.75, 3.05) is 13.6 Å². The summed E-state index contributed by atoms with van der Waals surface area (Å²) in [6, 6.07) is 0. The van der Waals surface area contributed by atoms with Crippen molar-refractivity contribution in [3.63, 3.8) is 0 Å². The Bertz CT molecular complexity index is 182. The van der Waals surface area contributed by atoms with Gasteiger partial charge in [0.15, 0.2) is 0 Å². The van der Waals surface area contributed by atoms with Gasteiger partial charge in [0.1, 0.15) is 0 Å². The van der Waals surface area contributed by atoms with Gasteiger partial charge in [0.2, 0.25) is 0 Å². The molecule has 0 N–H and O–H groups in total. The van der Waals surface area contributed by atoms with Crippen molar-refractivity contribution in [3.8, 4) is 0 Å². The van der Waals surface area contributed by atoms with Gasteiger partial charge < -0.3 is 4.90 Å². The number of nitrogens with zero attached hydrogens (tertiary/aromatic N) is 1. The van der Waals surface area contributed by atoms with E-state index >= 15 is 0 Å². The van der Waals surface area contributed by atoms with Crippen molar-refractivity contribution in [2.45, 2.75) is 51.5 Å². The van der Waals surface area contributed by atoms with E-state index in [1.807, 2.05) is 0 Å². The molecule has 1 heteroatoms. The van der Waals surface area contributed by atoms with E-state index in [2.05, 4.69) is 25.8 Å². The van der Waals surface area contributed by atoms with Crippen LogP contribution in [0.3, 0.4) is 0 Å². The van der Waals surface area contributed by atoms with Gasteiger partial charge in [-0.3, -0.25) is 0 Å². The van der Waals surface area contributed by atoms with Crippen LogP contribution in [0, 0.1) is 11.8 Å². The predicted molar refractivity (Wildman–Crippen MR) is 56.8 cm³/mol. The zero-order valence-corrected chi connectivity index (χ0v) is 9.34. The zero-order valence-electron chi connectivity index (χ0n) is 9.34. The van der Waals surface area contributed by atoms with Gasteiger partial charge in [-0.15, -0.1) is 0 Å². The van der Waals surface area contributed by atoms with E-state index in [0.29, 0.717) is 5.54 Å². The van der Waals surface area contributed by atoms with Crippen LogP contribution in [0.15, 0.2) is 0 Å². The van der Waals surface area contributed by atoms with Gasteiger partial charge in [-0.2, -0.15) is 0 Å². The van der Waals surface area contributed by atoms with Crippen LogP contribution in [0.25, 0.3) is 0 Å². The minimum atomic E-state index is 0.646. The Kier molecular flexibility index (Phi) is 2.39. The Balaban J connectivity index is 2.01. The minimum absolute atomic E-state index is 0.646. The number of likely N-dealkylation sites (tertiary alicyclic amines) is 1. The lowest BCUT2D eigenvalue weighted by Gasteiger charge is -2.54. The fraction of sp³-hybridized carbons (Fsp3) is 1.00. The standard InChI is InChI=1S/C12H23N/c1-10(2)11-5-8-13(3)12(9-11)6-4-7-12/h10-11H,4-9H2,1-3H3/t11-/m0/s1. The third-order valence-corrected chi connectivity index (χ3v) is 4.51. The maximum atomic E-state index is 2.63. The van der Waals surface area contributed by atoms with E-state index in [4.69, 9.17) is 0 Å². The zero-order chi connectivity index (χ0) is 9.47. The number of rotatable bonds is 1. The molecule has 1 nitrogen and oxygen atoms in total. The van der Waals surface area contributed by atoms with E-state index in [9.17, 15) is 0 Å². The summed E-state index contributed by atoms with van der Waals surface area (Å²) in [4.78, 5) is 2.63. The van der Waals surface area contributed by atoms with Gasteiger partial charge in [0.05, 0.1) is 0 Å². The van der Waals surface area contributed by atoms with Gasteiger partial charge in [0, 0.05) is 5.54 Å². The smallest absolute Gasteiger partial charge is 0.0209 e. The summed E-state index contributed by atoms with van der Waals surface area (Å²) in [6.45, 7) is 6.12. The molecule has 76 valence electrons. The summed E-state index contributed by atoms with van der Waals surface area (Å²) >= 11 is 0. The van der Waals surface area contributed by atoms with Crippen LogP contribution in [0.4, 0.5) is 0 Å². The van der Waals surface area contributed by atoms with Gasteiger partial charge in [-0.25, -0.2) is 0 Å². The first kappa shape index (κ1) is 9.51. The van der Waals surface area contributed by atoms with Gasteiger partial charge in [-0.05, 0) is 57.5 Å². The second kappa shape index (κ2) is 3.27. The lowest BCUT2D eigenvalue weighted by Crippen LogP contribution is -2.56. The molecule has 1 heterocycles. The summed E-state index contributed by atoms with van der Waals surface area (Å²) < 4.78 is 0. The van der Waals surface area contributed by atoms with E-state index < -0.39 is 0 Å². The maximum Gasteiger partial charge on any atom is 0.0209 e. The molecule has 1 aliphatic carbocycles. The molecule has 1 aliphatic heterocycles. The number of hydrogen-bond acceptors (Lipinski definition) is 1. The molecule has 1 saturated carbocycles. The normalized spacial score (nSPS) is 33.7. The monoisotopic (exact) mass is 181 g/mol. The summed E-state index contributed by atoms with van der Waals surface area (Å²) in [7, 11) is 2.33. The maximum absolute atomic E-state index is 2.63. The highest BCUT2D eigenvalue weighted by atomic mass is 15.2. The predicted octanol–water partition coefficient (Wildman–Crippen LogP) is 2.91. The molecule has 2 aliphatic rings. The second-order valence-electron chi connectivity index (χ2n) is 5.50. The fourth-order valence-corrected chi connectivity index (χ4v) is 3.08. The Hall–Kier alpha value is -0.0400. The van der Waals surface area contributed by atoms with Gasteiger partial charge in [0.25, 0.3) is 0 Å². The van der Waals surface area contributed by atoms with E-state index in [1.54, 1.807) is 0 Å². The molecule has 2 rings (SSSR count). The minimum Gasteiger partial charge on any atom is -0.301 e. The van der Waals surface area contributed by atoms with Crippen molar-refractivity contribution in [1.29, 1.82) is 0 Å². The summed E-state index contributed by atoms with van der Waals surface area (Å²) in [5.41, 5.74) is 0.646. The molecule has 2 fully saturated rings. The topological polar surface area (TPSA) is 3.24 Å². The quantitative estimate of drug-likeness (QED) is 0.601. The second-order valence-corrected chi connectivity index (χ2v) is 5.50. The molecule has 1 atom stereocenters. The average molecular weight is 181 g/mol. The lowest BCUT2D eigenvalue weighted by molar-refractivity contribution is -0.0286. The summed E-state index contributed by atoms with van der Waals surface area (Å²) in [5, 5.41) is 0. The van der Waals surface area contributed by atoms with E-state index in [1.165, 1.54) is 38.6 Å². The first-order valence-electron chi connectivity index (χ1n) is 5.85. The van der Waals surface area contributed by atoms with Crippen LogP contribution in [-0.4, -0.2) is 24.0 Å². The van der Waals surface area contributed by atoms with Crippen molar-refractivity contribution in [1.82, 2.24) is 4.90 Å². The number of piperidine rings is 1. The van der Waals surface area contributed by atoms with Crippen molar-refractivity contribution < 1.29 is 0 Å². The van der Waals surface area contributed by atoms with Crippen molar-refractivity contribution in [2.24, 2.45) is 11.8 Å². The molecule has 0 aromatic carbocycles. The van der Waals surface area contributed by atoms with Gasteiger partial charge in [-0.1, -0.05) is 13.8 Å². The highest BCUT2D eigenvalue weighted by Gasteiger charge is 2.45. The third-order valence-electron chi connectivity index (χ3n) is 4.51. The average Bonchev–Trinajstić information content (AvgIpc) is 2.02. The third kappa shape index (κ3) is 1.52. The first-order chi connectivity index (χ1) is 6.14. The highest BCUT2D eigenvalue weighted by Crippen LogP contribution is 2.46. The Labute approximate surface area is 82.5 Å². The van der Waals surface area contributed by atoms with Crippen molar-refractivity contribution >= 4 is 0 Å². The summed E-state index contributed by atoms with van der Waals surface area (Å²) in [5.74, 6) is 1.89. The fourth-order valence-electron chi connectivity index (χ4n) is 3.08. The molecule has 0 radical (unpaired) electrons. The molecule has 0 unspecified atom stereocenters. The highest BCUT2D eigenvalue weighted by molar-refractivity contribution is 5.01. The van der Waals surface area contributed by atoms with Crippen LogP contribution in [0.5, 0.6) is 0 Å². The molecule has 0 amide bonds. The number of hydrogen-bond donors (Lipinski definition) is 0. The molecular weight excluding hydrogens is 158 g/mol. The van der Waals surface area contributed by atoms with Gasteiger partial charge >= 0.3 is 0 Å². The van der Waals surface area contributed by atoms with E-state index in [0.717, 1.165) is 11.8 Å². The Morgan fingerprint density at radius 2 is 2.00 bits per heavy atom. The van der Waals surface area contributed by atoms with E-state index in [-0.39, 0.29) is 0 Å². The van der Waals surface area contributed by atoms with Crippen LogP contribution < -0.4 is 0 Å². The lowest BCUT2D eigenvalue weighted by atomic mass is 9.65. The molecule has 1 saturated heterocycles. The summed E-state index contributed by atoms with van der Waals surface area (Å²) in [6.07, 6.45) is 7.30. The Morgan fingerprint density at radius 3 is 2.46 bits per heavy atom. The molecule has 1 spiro atoms. The molecule has 13 heavy (non-hydrogen) atoms.